The van der Waals surface area contributed by atoms with Crippen molar-refractivity contribution >= 4 is 28.3 Å². The molecular formula is C27H27N5O3. The van der Waals surface area contributed by atoms with Crippen LogP contribution in [-0.4, -0.2) is 61.3 Å². The van der Waals surface area contributed by atoms with E-state index in [-0.39, 0.29) is 6.03 Å². The summed E-state index contributed by atoms with van der Waals surface area (Å²) in [6.07, 6.45) is 1.74. The molecular weight excluding hydrogens is 442 g/mol. The summed E-state index contributed by atoms with van der Waals surface area (Å²) in [7, 11) is 3.28. The zero-order chi connectivity index (χ0) is 24.2. The molecule has 2 aromatic heterocycles. The molecule has 1 saturated heterocycles. The molecule has 2 aromatic carbocycles. The van der Waals surface area contributed by atoms with Gasteiger partial charge in [0.05, 0.1) is 36.8 Å². The lowest BCUT2D eigenvalue weighted by atomic mass is 10.1. The van der Waals surface area contributed by atoms with E-state index in [1.165, 1.54) is 0 Å². The number of carbonyl (C=O) groups is 1. The van der Waals surface area contributed by atoms with Crippen LogP contribution in [0.1, 0.15) is 0 Å². The van der Waals surface area contributed by atoms with Crippen LogP contribution in [0.5, 0.6) is 11.5 Å². The van der Waals surface area contributed by atoms with E-state index >= 15 is 0 Å². The Morgan fingerprint density at radius 2 is 1.57 bits per heavy atom. The highest BCUT2D eigenvalue weighted by molar-refractivity contribution is 6.01. The number of nitrogens with zero attached hydrogens (tertiary/aromatic N) is 4. The number of para-hydroxylation sites is 1. The van der Waals surface area contributed by atoms with Gasteiger partial charge in [0.25, 0.3) is 0 Å². The summed E-state index contributed by atoms with van der Waals surface area (Å²) in [5.74, 6) is 1.49. The summed E-state index contributed by atoms with van der Waals surface area (Å²) in [4.78, 5) is 26.5. The van der Waals surface area contributed by atoms with Gasteiger partial charge in [-0.05, 0) is 24.3 Å². The Morgan fingerprint density at radius 1 is 0.857 bits per heavy atom. The Kier molecular flexibility index (Phi) is 6.34. The standard InChI is InChI=1S/C27H27N5O3/c1-34-20-15-19(16-21(17-20)35-2)31-11-13-32(14-12-31)27(33)30-25-18-26(24-9-5-6-10-28-24)29-23-8-4-3-7-22(23)25/h3-10,15-18H,11-14H2,1-2H3,(H,29,30,33). The van der Waals surface area contributed by atoms with Gasteiger partial charge in [-0.1, -0.05) is 24.3 Å². The van der Waals surface area contributed by atoms with Crippen molar-refractivity contribution in [1.29, 1.82) is 0 Å². The molecule has 1 aliphatic heterocycles. The molecule has 3 heterocycles. The molecule has 0 spiro atoms. The summed E-state index contributed by atoms with van der Waals surface area (Å²) in [5, 5.41) is 4.01. The molecule has 0 unspecified atom stereocenters. The molecule has 1 N–H and O–H groups in total. The van der Waals surface area contributed by atoms with E-state index < -0.39 is 0 Å². The number of hydrogen-bond acceptors (Lipinski definition) is 6. The summed E-state index contributed by atoms with van der Waals surface area (Å²) >= 11 is 0. The van der Waals surface area contributed by atoms with Crippen LogP contribution in [0.25, 0.3) is 22.3 Å². The van der Waals surface area contributed by atoms with Crippen molar-refractivity contribution in [2.24, 2.45) is 0 Å². The second-order valence-corrected chi connectivity index (χ2v) is 8.26. The minimum absolute atomic E-state index is 0.129. The average molecular weight is 470 g/mol. The maximum absolute atomic E-state index is 13.2. The molecule has 5 rings (SSSR count). The third kappa shape index (κ3) is 4.82. The van der Waals surface area contributed by atoms with Gasteiger partial charge in [-0.25, -0.2) is 9.78 Å². The van der Waals surface area contributed by atoms with Crippen molar-refractivity contribution in [2.45, 2.75) is 0 Å². The fraction of sp³-hybridized carbons (Fsp3) is 0.222. The van der Waals surface area contributed by atoms with E-state index in [2.05, 4.69) is 15.2 Å². The van der Waals surface area contributed by atoms with Crippen molar-refractivity contribution in [3.8, 4) is 22.9 Å². The largest absolute Gasteiger partial charge is 0.497 e. The quantitative estimate of drug-likeness (QED) is 0.458. The van der Waals surface area contributed by atoms with Gasteiger partial charge in [0.15, 0.2) is 0 Å². The normalized spacial score (nSPS) is 13.5. The third-order valence-electron chi connectivity index (χ3n) is 6.15. The Bertz CT molecular complexity index is 1320. The van der Waals surface area contributed by atoms with E-state index in [0.29, 0.717) is 26.2 Å². The van der Waals surface area contributed by atoms with Gasteiger partial charge in [-0.3, -0.25) is 4.98 Å². The molecule has 8 heteroatoms. The zero-order valence-electron chi connectivity index (χ0n) is 19.8. The van der Waals surface area contributed by atoms with Crippen LogP contribution in [0.15, 0.2) is 72.9 Å². The molecule has 2 amide bonds. The number of benzene rings is 2. The minimum atomic E-state index is -0.129. The molecule has 0 aliphatic carbocycles. The minimum Gasteiger partial charge on any atom is -0.497 e. The number of nitrogens with one attached hydrogen (secondary N) is 1. The molecule has 0 saturated carbocycles. The second kappa shape index (κ2) is 9.89. The molecule has 1 aliphatic rings. The first kappa shape index (κ1) is 22.5. The van der Waals surface area contributed by atoms with Crippen molar-refractivity contribution < 1.29 is 14.3 Å². The van der Waals surface area contributed by atoms with Gasteiger partial charge < -0.3 is 24.6 Å². The average Bonchev–Trinajstić information content (AvgIpc) is 2.93. The highest BCUT2D eigenvalue weighted by atomic mass is 16.5. The predicted octanol–water partition coefficient (Wildman–Crippen LogP) is 4.67. The highest BCUT2D eigenvalue weighted by Gasteiger charge is 2.23. The van der Waals surface area contributed by atoms with Gasteiger partial charge >= 0.3 is 6.03 Å². The Balaban J connectivity index is 1.33. The Hall–Kier alpha value is -4.33. The van der Waals surface area contributed by atoms with Crippen LogP contribution in [0.4, 0.5) is 16.2 Å². The lowest BCUT2D eigenvalue weighted by molar-refractivity contribution is 0.208. The Morgan fingerprint density at radius 3 is 2.26 bits per heavy atom. The summed E-state index contributed by atoms with van der Waals surface area (Å²) in [6, 6.07) is 21.1. The van der Waals surface area contributed by atoms with Gasteiger partial charge in [0, 0.05) is 61.6 Å². The zero-order valence-corrected chi connectivity index (χ0v) is 19.8. The molecule has 1 fully saturated rings. The molecule has 178 valence electrons. The fourth-order valence-corrected chi connectivity index (χ4v) is 4.26. The van der Waals surface area contributed by atoms with E-state index in [4.69, 9.17) is 14.5 Å². The van der Waals surface area contributed by atoms with Crippen molar-refractivity contribution in [3.05, 3.63) is 72.9 Å². The summed E-state index contributed by atoms with van der Waals surface area (Å²) in [5.41, 5.74) is 4.03. The van der Waals surface area contributed by atoms with Crippen LogP contribution in [0, 0.1) is 0 Å². The number of anilines is 2. The highest BCUT2D eigenvalue weighted by Crippen LogP contribution is 2.30. The molecule has 0 atom stereocenters. The molecule has 0 bridgehead atoms. The number of pyridine rings is 2. The number of aromatic nitrogens is 2. The number of carbonyl (C=O) groups excluding carboxylic acids is 1. The van der Waals surface area contributed by atoms with Gasteiger partial charge in [-0.15, -0.1) is 0 Å². The number of hydrogen-bond donors (Lipinski definition) is 1. The maximum atomic E-state index is 13.2. The van der Waals surface area contributed by atoms with Crippen LogP contribution < -0.4 is 19.7 Å². The summed E-state index contributed by atoms with van der Waals surface area (Å²) < 4.78 is 10.8. The van der Waals surface area contributed by atoms with E-state index in [9.17, 15) is 4.79 Å². The number of methoxy groups -OCH3 is 2. The number of urea groups is 1. The van der Waals surface area contributed by atoms with E-state index in [0.717, 1.165) is 45.2 Å². The van der Waals surface area contributed by atoms with E-state index in [1.807, 2.05) is 71.6 Å². The van der Waals surface area contributed by atoms with Crippen molar-refractivity contribution in [2.75, 3.05) is 50.6 Å². The number of amides is 2. The van der Waals surface area contributed by atoms with Crippen LogP contribution in [0.3, 0.4) is 0 Å². The number of fused-ring (bicyclic) bond motifs is 1. The smallest absolute Gasteiger partial charge is 0.321 e. The summed E-state index contributed by atoms with van der Waals surface area (Å²) in [6.45, 7) is 2.61. The lowest BCUT2D eigenvalue weighted by Gasteiger charge is -2.36. The van der Waals surface area contributed by atoms with E-state index in [1.54, 1.807) is 20.4 Å². The SMILES string of the molecule is COc1cc(OC)cc(N2CCN(C(=O)Nc3cc(-c4ccccn4)nc4ccccc34)CC2)c1. The molecule has 8 nitrogen and oxygen atoms in total. The van der Waals surface area contributed by atoms with Gasteiger partial charge in [0.1, 0.15) is 11.5 Å². The second-order valence-electron chi connectivity index (χ2n) is 8.26. The first-order chi connectivity index (χ1) is 17.1. The molecule has 35 heavy (non-hydrogen) atoms. The van der Waals surface area contributed by atoms with Crippen molar-refractivity contribution in [3.63, 3.8) is 0 Å². The first-order valence-corrected chi connectivity index (χ1v) is 11.5. The predicted molar refractivity (Wildman–Crippen MR) is 137 cm³/mol. The number of ether oxygens (including phenoxy) is 2. The molecule has 0 radical (unpaired) electrons. The van der Waals surface area contributed by atoms with Gasteiger partial charge in [-0.2, -0.15) is 0 Å². The Labute approximate surface area is 204 Å². The number of rotatable bonds is 5. The van der Waals surface area contributed by atoms with Crippen LogP contribution >= 0.6 is 0 Å². The van der Waals surface area contributed by atoms with Crippen molar-refractivity contribution in [1.82, 2.24) is 14.9 Å². The number of piperazine rings is 1. The lowest BCUT2D eigenvalue weighted by Crippen LogP contribution is -2.50. The van der Waals surface area contributed by atoms with Gasteiger partial charge in [0.2, 0.25) is 0 Å². The maximum Gasteiger partial charge on any atom is 0.321 e. The third-order valence-corrected chi connectivity index (χ3v) is 6.15. The first-order valence-electron chi connectivity index (χ1n) is 11.5. The topological polar surface area (TPSA) is 79.8 Å². The van der Waals surface area contributed by atoms with Crippen LogP contribution in [-0.2, 0) is 0 Å². The molecule has 4 aromatic rings. The monoisotopic (exact) mass is 469 g/mol. The fourth-order valence-electron chi connectivity index (χ4n) is 4.26. The van der Waals surface area contributed by atoms with Crippen LogP contribution in [0.2, 0.25) is 0 Å².